The third kappa shape index (κ3) is 7.70. The van der Waals surface area contributed by atoms with Crippen LogP contribution in [-0.2, 0) is 16.1 Å². The van der Waals surface area contributed by atoms with Crippen molar-refractivity contribution in [3.05, 3.63) is 93.7 Å². The number of carbonyl (C=O) groups is 3. The van der Waals surface area contributed by atoms with Gasteiger partial charge in [0.2, 0.25) is 11.8 Å². The molecule has 7 nitrogen and oxygen atoms in total. The molecule has 3 aromatic rings. The summed E-state index contributed by atoms with van der Waals surface area (Å²) in [6.45, 7) is -0.639. The van der Waals surface area contributed by atoms with Crippen LogP contribution in [0, 0.1) is 5.82 Å². The number of hydrogen-bond acceptors (Lipinski definition) is 4. The van der Waals surface area contributed by atoms with E-state index >= 15 is 0 Å². The van der Waals surface area contributed by atoms with Gasteiger partial charge in [0.05, 0.1) is 24.2 Å². The van der Waals surface area contributed by atoms with E-state index in [4.69, 9.17) is 27.9 Å². The molecule has 0 heterocycles. The lowest BCUT2D eigenvalue weighted by atomic mass is 10.1. The number of nitrogens with zero attached hydrogens (tertiary/aromatic N) is 1. The molecule has 3 amide bonds. The largest absolute Gasteiger partial charge is 0.497 e. The molecule has 0 saturated heterocycles. The normalized spacial score (nSPS) is 10.4. The minimum Gasteiger partial charge on any atom is -0.497 e. The van der Waals surface area contributed by atoms with Crippen LogP contribution in [0.15, 0.2) is 66.7 Å². The van der Waals surface area contributed by atoms with Crippen molar-refractivity contribution in [3.8, 4) is 5.75 Å². The Labute approximate surface area is 211 Å². The van der Waals surface area contributed by atoms with Gasteiger partial charge in [0.25, 0.3) is 5.91 Å². The number of hydrogen-bond donors (Lipinski definition) is 2. The van der Waals surface area contributed by atoms with Crippen molar-refractivity contribution < 1.29 is 23.5 Å². The van der Waals surface area contributed by atoms with Gasteiger partial charge >= 0.3 is 0 Å². The number of ether oxygens (including phenoxy) is 1. The first-order valence-corrected chi connectivity index (χ1v) is 11.2. The second-order valence-corrected chi connectivity index (χ2v) is 8.31. The highest BCUT2D eigenvalue weighted by atomic mass is 35.5. The SMILES string of the molecule is COc1ccc(NC(=O)CNC(=O)CN(Cc2ccc(F)cc2)C(=O)c2ccc(Cl)cc2Cl)cc1. The molecule has 182 valence electrons. The maximum Gasteiger partial charge on any atom is 0.256 e. The van der Waals surface area contributed by atoms with E-state index in [9.17, 15) is 18.8 Å². The fraction of sp³-hybridized carbons (Fsp3) is 0.160. The summed E-state index contributed by atoms with van der Waals surface area (Å²) < 4.78 is 18.4. The highest BCUT2D eigenvalue weighted by Crippen LogP contribution is 2.23. The van der Waals surface area contributed by atoms with Crippen molar-refractivity contribution in [2.45, 2.75) is 6.54 Å². The Hall–Kier alpha value is -3.62. The molecule has 0 aromatic heterocycles. The smallest absolute Gasteiger partial charge is 0.256 e. The summed E-state index contributed by atoms with van der Waals surface area (Å²) >= 11 is 12.1. The molecule has 0 spiro atoms. The second-order valence-electron chi connectivity index (χ2n) is 7.47. The molecule has 0 fully saturated rings. The van der Waals surface area contributed by atoms with Crippen LogP contribution in [-0.4, -0.2) is 42.8 Å². The average Bonchev–Trinajstić information content (AvgIpc) is 2.84. The van der Waals surface area contributed by atoms with E-state index in [1.165, 1.54) is 54.5 Å². The van der Waals surface area contributed by atoms with Crippen molar-refractivity contribution in [2.24, 2.45) is 0 Å². The molecule has 0 atom stereocenters. The van der Waals surface area contributed by atoms with E-state index in [2.05, 4.69) is 10.6 Å². The van der Waals surface area contributed by atoms with Crippen molar-refractivity contribution in [1.82, 2.24) is 10.2 Å². The molecule has 0 unspecified atom stereocenters. The number of benzene rings is 3. The maximum absolute atomic E-state index is 13.3. The van der Waals surface area contributed by atoms with Crippen LogP contribution < -0.4 is 15.4 Å². The molecular weight excluding hydrogens is 496 g/mol. The van der Waals surface area contributed by atoms with Gasteiger partial charge in [0.1, 0.15) is 18.1 Å². The molecular formula is C25H22Cl2FN3O4. The Balaban J connectivity index is 1.66. The van der Waals surface area contributed by atoms with E-state index in [0.29, 0.717) is 22.0 Å². The molecule has 0 aliphatic heterocycles. The van der Waals surface area contributed by atoms with E-state index < -0.39 is 23.5 Å². The number of methoxy groups -OCH3 is 1. The van der Waals surface area contributed by atoms with Gasteiger partial charge in [-0.25, -0.2) is 4.39 Å². The van der Waals surface area contributed by atoms with Crippen molar-refractivity contribution in [1.29, 1.82) is 0 Å². The summed E-state index contributed by atoms with van der Waals surface area (Å²) in [6, 6.07) is 16.7. The van der Waals surface area contributed by atoms with Crippen LogP contribution in [0.5, 0.6) is 5.75 Å². The fourth-order valence-electron chi connectivity index (χ4n) is 3.13. The summed E-state index contributed by atoms with van der Waals surface area (Å²) in [4.78, 5) is 39.2. The number of rotatable bonds is 9. The quantitative estimate of drug-likeness (QED) is 0.436. The summed E-state index contributed by atoms with van der Waals surface area (Å²) in [6.07, 6.45) is 0. The molecule has 0 saturated carbocycles. The Morgan fingerprint density at radius 1 is 0.943 bits per heavy atom. The number of nitrogens with one attached hydrogen (secondary N) is 2. The van der Waals surface area contributed by atoms with Crippen LogP contribution in [0.4, 0.5) is 10.1 Å². The third-order valence-electron chi connectivity index (χ3n) is 4.89. The van der Waals surface area contributed by atoms with Gasteiger partial charge in [0, 0.05) is 17.3 Å². The van der Waals surface area contributed by atoms with Gasteiger partial charge < -0.3 is 20.3 Å². The molecule has 3 rings (SSSR count). The van der Waals surface area contributed by atoms with Gasteiger partial charge in [-0.1, -0.05) is 35.3 Å². The third-order valence-corrected chi connectivity index (χ3v) is 5.44. The van der Waals surface area contributed by atoms with E-state index in [1.54, 1.807) is 24.3 Å². The predicted octanol–water partition coefficient (Wildman–Crippen LogP) is 4.54. The van der Waals surface area contributed by atoms with Gasteiger partial charge in [0.15, 0.2) is 0 Å². The number of anilines is 1. The minimum atomic E-state index is -0.560. The molecule has 3 aromatic carbocycles. The van der Waals surface area contributed by atoms with Crippen LogP contribution in [0.3, 0.4) is 0 Å². The highest BCUT2D eigenvalue weighted by Gasteiger charge is 2.22. The highest BCUT2D eigenvalue weighted by molar-refractivity contribution is 6.36. The van der Waals surface area contributed by atoms with Gasteiger partial charge in [-0.3, -0.25) is 14.4 Å². The zero-order chi connectivity index (χ0) is 25.4. The molecule has 0 bridgehead atoms. The van der Waals surface area contributed by atoms with Crippen LogP contribution in [0.2, 0.25) is 10.0 Å². The first kappa shape index (κ1) is 26.0. The van der Waals surface area contributed by atoms with Crippen molar-refractivity contribution in [3.63, 3.8) is 0 Å². The van der Waals surface area contributed by atoms with E-state index in [0.717, 1.165) is 0 Å². The van der Waals surface area contributed by atoms with Gasteiger partial charge in [-0.05, 0) is 60.2 Å². The summed E-state index contributed by atoms with van der Waals surface area (Å²) in [7, 11) is 1.54. The zero-order valence-electron chi connectivity index (χ0n) is 18.7. The molecule has 0 aliphatic carbocycles. The molecule has 0 aliphatic rings. The fourth-order valence-corrected chi connectivity index (χ4v) is 3.62. The standard InChI is InChI=1S/C25H22Cl2FN3O4/c1-35-20-9-7-19(8-10-20)30-23(32)13-29-24(33)15-31(14-16-2-5-18(28)6-3-16)25(34)21-11-4-17(26)12-22(21)27/h2-12H,13-15H2,1H3,(H,29,33)(H,30,32). The van der Waals surface area contributed by atoms with Crippen molar-refractivity contribution in [2.75, 3.05) is 25.5 Å². The van der Waals surface area contributed by atoms with Crippen LogP contribution in [0.1, 0.15) is 15.9 Å². The zero-order valence-corrected chi connectivity index (χ0v) is 20.2. The number of halogens is 3. The summed E-state index contributed by atoms with van der Waals surface area (Å²) in [5.74, 6) is -1.30. The molecule has 10 heteroatoms. The summed E-state index contributed by atoms with van der Waals surface area (Å²) in [5.41, 5.74) is 1.30. The van der Waals surface area contributed by atoms with E-state index in [1.807, 2.05) is 0 Å². The first-order valence-electron chi connectivity index (χ1n) is 10.4. The average molecular weight is 518 g/mol. The number of carbonyl (C=O) groups excluding carboxylic acids is 3. The van der Waals surface area contributed by atoms with Crippen molar-refractivity contribution >= 4 is 46.6 Å². The van der Waals surface area contributed by atoms with E-state index in [-0.39, 0.29) is 30.2 Å². The lowest BCUT2D eigenvalue weighted by Gasteiger charge is -2.23. The Morgan fingerprint density at radius 3 is 2.26 bits per heavy atom. The van der Waals surface area contributed by atoms with Gasteiger partial charge in [-0.15, -0.1) is 0 Å². The van der Waals surface area contributed by atoms with Crippen LogP contribution >= 0.6 is 23.2 Å². The summed E-state index contributed by atoms with van der Waals surface area (Å²) in [5, 5.41) is 5.64. The predicted molar refractivity (Wildman–Crippen MR) is 132 cm³/mol. The Morgan fingerprint density at radius 2 is 1.63 bits per heavy atom. The van der Waals surface area contributed by atoms with Gasteiger partial charge in [-0.2, -0.15) is 0 Å². The molecule has 0 radical (unpaired) electrons. The molecule has 2 N–H and O–H groups in total. The Kier molecular flexibility index (Phi) is 9.05. The van der Waals surface area contributed by atoms with Crippen LogP contribution in [0.25, 0.3) is 0 Å². The molecule has 35 heavy (non-hydrogen) atoms. The second kappa shape index (κ2) is 12.2. The Bertz CT molecular complexity index is 1200. The topological polar surface area (TPSA) is 87.7 Å². The number of amides is 3. The maximum atomic E-state index is 13.3. The lowest BCUT2D eigenvalue weighted by molar-refractivity contribution is -0.124. The first-order chi connectivity index (χ1) is 16.7. The minimum absolute atomic E-state index is 0.0174. The lowest BCUT2D eigenvalue weighted by Crippen LogP contribution is -2.42. The monoisotopic (exact) mass is 517 g/mol.